The molecule has 0 unspecified atom stereocenters. The number of aromatic hydroxyl groups is 1. The van der Waals surface area contributed by atoms with E-state index >= 15 is 0 Å². The molecule has 3 N–H and O–H groups in total. The van der Waals surface area contributed by atoms with Gasteiger partial charge in [-0.05, 0) is 24.5 Å². The van der Waals surface area contributed by atoms with Crippen LogP contribution in [-0.2, 0) is 4.79 Å². The molecule has 0 spiro atoms. The Morgan fingerprint density at radius 1 is 1.37 bits per heavy atom. The van der Waals surface area contributed by atoms with E-state index in [2.05, 4.69) is 5.32 Å². The van der Waals surface area contributed by atoms with Crippen molar-refractivity contribution in [2.45, 2.75) is 6.42 Å². The van der Waals surface area contributed by atoms with Crippen LogP contribution in [0.25, 0.3) is 0 Å². The number of nitrogens with one attached hydrogen (secondary N) is 1. The van der Waals surface area contributed by atoms with Crippen LogP contribution < -0.4 is 5.32 Å². The number of carboxylic acids is 1. The zero-order valence-electron chi connectivity index (χ0n) is 9.69. The third-order valence-corrected chi connectivity index (χ3v) is 3.54. The highest BCUT2D eigenvalue weighted by atomic mass is 35.5. The molecule has 0 aromatic heterocycles. The van der Waals surface area contributed by atoms with Crippen LogP contribution in [0, 0.1) is 11.8 Å². The van der Waals surface area contributed by atoms with Crippen molar-refractivity contribution in [3.63, 3.8) is 0 Å². The molecule has 0 radical (unpaired) electrons. The van der Waals surface area contributed by atoms with E-state index in [9.17, 15) is 14.7 Å². The summed E-state index contributed by atoms with van der Waals surface area (Å²) in [5, 5.41) is 21.2. The highest BCUT2D eigenvalue weighted by Gasteiger charge is 2.43. The van der Waals surface area contributed by atoms with Crippen molar-refractivity contribution in [1.82, 2.24) is 5.32 Å². The highest BCUT2D eigenvalue weighted by molar-refractivity contribution is 6.36. The Labute approximate surface area is 119 Å². The summed E-state index contributed by atoms with van der Waals surface area (Å²) < 4.78 is 0. The van der Waals surface area contributed by atoms with Crippen molar-refractivity contribution in [2.75, 3.05) is 6.54 Å². The fraction of sp³-hybridized carbons (Fsp3) is 0.333. The van der Waals surface area contributed by atoms with Gasteiger partial charge in [0.1, 0.15) is 5.75 Å². The molecule has 0 saturated heterocycles. The largest absolute Gasteiger partial charge is 0.506 e. The highest BCUT2D eigenvalue weighted by Crippen LogP contribution is 2.38. The Kier molecular flexibility index (Phi) is 3.87. The molecule has 1 saturated carbocycles. The third kappa shape index (κ3) is 3.11. The van der Waals surface area contributed by atoms with Gasteiger partial charge in [0.25, 0.3) is 5.91 Å². The zero-order chi connectivity index (χ0) is 14.2. The van der Waals surface area contributed by atoms with Gasteiger partial charge in [0, 0.05) is 11.6 Å². The maximum atomic E-state index is 11.8. The fourth-order valence-electron chi connectivity index (χ4n) is 1.83. The summed E-state index contributed by atoms with van der Waals surface area (Å²) in [6.45, 7) is 0.249. The molecule has 1 aromatic rings. The van der Waals surface area contributed by atoms with Crippen LogP contribution in [0.1, 0.15) is 16.8 Å². The smallest absolute Gasteiger partial charge is 0.306 e. The first-order valence-electron chi connectivity index (χ1n) is 5.59. The van der Waals surface area contributed by atoms with E-state index in [1.807, 2.05) is 0 Å². The summed E-state index contributed by atoms with van der Waals surface area (Å²) >= 11 is 11.5. The number of halogens is 2. The lowest BCUT2D eigenvalue weighted by Crippen LogP contribution is -2.26. The maximum absolute atomic E-state index is 11.8. The van der Waals surface area contributed by atoms with E-state index in [1.54, 1.807) is 0 Å². The Balaban J connectivity index is 1.99. The van der Waals surface area contributed by atoms with E-state index in [-0.39, 0.29) is 33.8 Å². The van der Waals surface area contributed by atoms with Crippen molar-refractivity contribution in [1.29, 1.82) is 0 Å². The van der Waals surface area contributed by atoms with Crippen LogP contribution in [-0.4, -0.2) is 28.6 Å². The van der Waals surface area contributed by atoms with Gasteiger partial charge in [0.15, 0.2) is 0 Å². The monoisotopic (exact) mass is 303 g/mol. The van der Waals surface area contributed by atoms with Gasteiger partial charge < -0.3 is 15.5 Å². The summed E-state index contributed by atoms with van der Waals surface area (Å²) in [5.74, 6) is -2.17. The molecule has 1 aromatic carbocycles. The van der Waals surface area contributed by atoms with E-state index in [1.165, 1.54) is 12.1 Å². The molecule has 19 heavy (non-hydrogen) atoms. The Hall–Kier alpha value is -1.46. The minimum Gasteiger partial charge on any atom is -0.506 e. The molecule has 0 aliphatic heterocycles. The predicted octanol–water partition coefficient (Wildman–Crippen LogP) is 2.15. The number of rotatable bonds is 4. The van der Waals surface area contributed by atoms with E-state index in [0.717, 1.165) is 0 Å². The number of carbonyl (C=O) groups excluding carboxylic acids is 1. The van der Waals surface area contributed by atoms with Crippen molar-refractivity contribution in [2.24, 2.45) is 11.8 Å². The molecule has 2 atom stereocenters. The molecular formula is C12H11Cl2NO4. The molecule has 1 amide bonds. The molecule has 0 bridgehead atoms. The zero-order valence-corrected chi connectivity index (χ0v) is 11.2. The number of amides is 1. The van der Waals surface area contributed by atoms with E-state index < -0.39 is 17.8 Å². The first kappa shape index (κ1) is 14.0. The first-order valence-corrected chi connectivity index (χ1v) is 6.34. The van der Waals surface area contributed by atoms with Gasteiger partial charge in [0.05, 0.1) is 16.5 Å². The molecule has 1 fully saturated rings. The number of carboxylic acid groups (broad SMARTS) is 1. The topological polar surface area (TPSA) is 86.6 Å². The standard InChI is InChI=1S/C12H11Cl2NO4/c13-6-2-8(10(16)9(14)3-6)11(17)15-4-5-1-7(5)12(18)19/h2-3,5,7,16H,1,4H2,(H,15,17)(H,18,19)/t5-,7+/m0/s1. The Morgan fingerprint density at radius 2 is 2.05 bits per heavy atom. The van der Waals surface area contributed by atoms with Crippen LogP contribution in [0.15, 0.2) is 12.1 Å². The lowest BCUT2D eigenvalue weighted by molar-refractivity contribution is -0.138. The molecule has 1 aliphatic rings. The van der Waals surface area contributed by atoms with Crippen molar-refractivity contribution < 1.29 is 19.8 Å². The molecule has 0 heterocycles. The van der Waals surface area contributed by atoms with Crippen LogP contribution in [0.2, 0.25) is 10.0 Å². The summed E-state index contributed by atoms with van der Waals surface area (Å²) in [5.41, 5.74) is -0.0231. The second kappa shape index (κ2) is 5.27. The number of benzene rings is 1. The average molecular weight is 304 g/mol. The van der Waals surface area contributed by atoms with Gasteiger partial charge in [-0.15, -0.1) is 0 Å². The van der Waals surface area contributed by atoms with Crippen molar-refractivity contribution in [3.05, 3.63) is 27.7 Å². The van der Waals surface area contributed by atoms with Gasteiger partial charge in [-0.1, -0.05) is 23.2 Å². The molecule has 2 rings (SSSR count). The summed E-state index contributed by atoms with van der Waals surface area (Å²) in [6, 6.07) is 2.64. The number of carbonyl (C=O) groups is 2. The van der Waals surface area contributed by atoms with Crippen LogP contribution in [0.3, 0.4) is 0 Å². The van der Waals surface area contributed by atoms with Gasteiger partial charge in [-0.3, -0.25) is 9.59 Å². The van der Waals surface area contributed by atoms with Gasteiger partial charge in [-0.25, -0.2) is 0 Å². The van der Waals surface area contributed by atoms with Crippen LogP contribution >= 0.6 is 23.2 Å². The van der Waals surface area contributed by atoms with Gasteiger partial charge in [-0.2, -0.15) is 0 Å². The lowest BCUT2D eigenvalue weighted by atomic mass is 10.2. The van der Waals surface area contributed by atoms with E-state index in [4.69, 9.17) is 28.3 Å². The lowest BCUT2D eigenvalue weighted by Gasteiger charge is -2.08. The quantitative estimate of drug-likeness (QED) is 0.795. The number of aliphatic carboxylic acids is 1. The summed E-state index contributed by atoms with van der Waals surface area (Å²) in [4.78, 5) is 22.5. The van der Waals surface area contributed by atoms with E-state index in [0.29, 0.717) is 6.42 Å². The molecule has 1 aliphatic carbocycles. The Morgan fingerprint density at radius 3 is 2.63 bits per heavy atom. The first-order chi connectivity index (χ1) is 8.90. The average Bonchev–Trinajstić information content (AvgIpc) is 3.10. The molecule has 7 heteroatoms. The minimum absolute atomic E-state index is 0.00696. The summed E-state index contributed by atoms with van der Waals surface area (Å²) in [7, 11) is 0. The number of hydrogen-bond donors (Lipinski definition) is 3. The maximum Gasteiger partial charge on any atom is 0.306 e. The van der Waals surface area contributed by atoms with Crippen LogP contribution in [0.5, 0.6) is 5.75 Å². The SMILES string of the molecule is O=C(NC[C@@H]1C[C@H]1C(=O)O)c1cc(Cl)cc(Cl)c1O. The van der Waals surface area contributed by atoms with Gasteiger partial charge in [0.2, 0.25) is 0 Å². The molecule has 102 valence electrons. The van der Waals surface area contributed by atoms with Crippen molar-refractivity contribution >= 4 is 35.1 Å². The normalized spacial score (nSPS) is 20.9. The second-order valence-electron chi connectivity index (χ2n) is 4.43. The number of phenolic OH excluding ortho intramolecular Hbond substituents is 1. The molecular weight excluding hydrogens is 293 g/mol. The fourth-order valence-corrected chi connectivity index (χ4v) is 2.33. The molecule has 5 nitrogen and oxygen atoms in total. The van der Waals surface area contributed by atoms with Crippen LogP contribution in [0.4, 0.5) is 0 Å². The predicted molar refractivity (Wildman–Crippen MR) is 69.7 cm³/mol. The number of phenols is 1. The summed E-state index contributed by atoms with van der Waals surface area (Å²) in [6.07, 6.45) is 0.553. The van der Waals surface area contributed by atoms with Gasteiger partial charge >= 0.3 is 5.97 Å². The minimum atomic E-state index is -0.854. The Bertz CT molecular complexity index is 547. The third-order valence-electron chi connectivity index (χ3n) is 3.04. The second-order valence-corrected chi connectivity index (χ2v) is 5.28. The number of hydrogen-bond acceptors (Lipinski definition) is 3. The van der Waals surface area contributed by atoms with Crippen molar-refractivity contribution in [3.8, 4) is 5.75 Å².